The predicted octanol–water partition coefficient (Wildman–Crippen LogP) is 25.8. The topological polar surface area (TPSA) is 237 Å². The highest BCUT2D eigenvalue weighted by atomic mass is 31.2. The van der Waals surface area contributed by atoms with E-state index in [9.17, 15) is 43.2 Å². The van der Waals surface area contributed by atoms with Crippen LogP contribution in [0.25, 0.3) is 0 Å². The molecule has 0 saturated carbocycles. The molecular weight excluding hydrogens is 1350 g/mol. The van der Waals surface area contributed by atoms with Crippen LogP contribution in [0.4, 0.5) is 0 Å². The fourth-order valence-electron chi connectivity index (χ4n) is 13.2. The van der Waals surface area contributed by atoms with Crippen molar-refractivity contribution in [3.63, 3.8) is 0 Å². The first-order chi connectivity index (χ1) is 50.4. The molecule has 618 valence electrons. The molecule has 0 fully saturated rings. The Hall–Kier alpha value is -1.94. The van der Waals surface area contributed by atoms with Crippen LogP contribution in [0.5, 0.6) is 0 Å². The molecule has 17 nitrogen and oxygen atoms in total. The van der Waals surface area contributed by atoms with Gasteiger partial charge < -0.3 is 33.8 Å². The van der Waals surface area contributed by atoms with Crippen LogP contribution in [0.15, 0.2) is 0 Å². The average Bonchev–Trinajstić information content (AvgIpc) is 0.903. The second kappa shape index (κ2) is 76.4. The van der Waals surface area contributed by atoms with Crippen LogP contribution in [-0.2, 0) is 65.4 Å². The quantitative estimate of drug-likeness (QED) is 0.0222. The summed E-state index contributed by atoms with van der Waals surface area (Å²) in [5.74, 6) is -0.454. The molecule has 0 aromatic heterocycles. The highest BCUT2D eigenvalue weighted by Crippen LogP contribution is 2.45. The van der Waals surface area contributed by atoms with E-state index >= 15 is 0 Å². The molecule has 0 radical (unpaired) electrons. The van der Waals surface area contributed by atoms with Crippen molar-refractivity contribution in [1.82, 2.24) is 0 Å². The molecule has 0 spiro atoms. The number of hydrogen-bond donors (Lipinski definition) is 3. The lowest BCUT2D eigenvalue weighted by molar-refractivity contribution is -0.161. The summed E-state index contributed by atoms with van der Waals surface area (Å²) in [4.78, 5) is 73.2. The Kier molecular flexibility index (Phi) is 75.0. The summed E-state index contributed by atoms with van der Waals surface area (Å²) in [7, 11) is -9.93. The van der Waals surface area contributed by atoms with Crippen LogP contribution in [0, 0.1) is 11.8 Å². The Morgan fingerprint density at radius 3 is 0.731 bits per heavy atom. The first kappa shape index (κ1) is 102. The van der Waals surface area contributed by atoms with Crippen LogP contribution in [0.1, 0.15) is 452 Å². The number of rotatable bonds is 84. The minimum Gasteiger partial charge on any atom is -0.462 e. The molecule has 3 unspecified atom stereocenters. The van der Waals surface area contributed by atoms with Gasteiger partial charge in [0.15, 0.2) is 12.2 Å². The zero-order valence-electron chi connectivity index (χ0n) is 68.3. The van der Waals surface area contributed by atoms with Gasteiger partial charge in [0.1, 0.15) is 19.3 Å². The zero-order chi connectivity index (χ0) is 76.4. The van der Waals surface area contributed by atoms with Gasteiger partial charge in [-0.15, -0.1) is 0 Å². The van der Waals surface area contributed by atoms with E-state index in [2.05, 4.69) is 41.5 Å². The molecule has 0 aromatic rings. The van der Waals surface area contributed by atoms with Crippen molar-refractivity contribution in [2.45, 2.75) is 471 Å². The van der Waals surface area contributed by atoms with Gasteiger partial charge in [-0.25, -0.2) is 9.13 Å². The smallest absolute Gasteiger partial charge is 0.462 e. The van der Waals surface area contributed by atoms with Crippen LogP contribution < -0.4 is 0 Å². The predicted molar refractivity (Wildman–Crippen MR) is 428 cm³/mol. The molecule has 3 N–H and O–H groups in total. The molecule has 0 rings (SSSR count). The van der Waals surface area contributed by atoms with Crippen molar-refractivity contribution in [2.24, 2.45) is 11.8 Å². The monoisotopic (exact) mass is 1520 g/mol. The highest BCUT2D eigenvalue weighted by molar-refractivity contribution is 7.47. The van der Waals surface area contributed by atoms with Crippen molar-refractivity contribution < 1.29 is 80.2 Å². The van der Waals surface area contributed by atoms with Gasteiger partial charge in [0.05, 0.1) is 26.4 Å². The molecule has 0 heterocycles. The lowest BCUT2D eigenvalue weighted by Gasteiger charge is -2.21. The Morgan fingerprint density at radius 2 is 0.490 bits per heavy atom. The molecular formula is C85H166O17P2. The van der Waals surface area contributed by atoms with Gasteiger partial charge in [-0.1, -0.05) is 401 Å². The molecule has 0 saturated heterocycles. The van der Waals surface area contributed by atoms with E-state index in [0.717, 1.165) is 102 Å². The number of carbonyl (C=O) groups excluding carboxylic acids is 4. The van der Waals surface area contributed by atoms with Gasteiger partial charge in [-0.05, 0) is 37.5 Å². The first-order valence-corrected chi connectivity index (χ1v) is 47.0. The van der Waals surface area contributed by atoms with Crippen molar-refractivity contribution in [1.29, 1.82) is 0 Å². The third-order valence-electron chi connectivity index (χ3n) is 20.3. The Bertz CT molecular complexity index is 2000. The molecule has 0 bridgehead atoms. The van der Waals surface area contributed by atoms with E-state index in [1.54, 1.807) is 0 Å². The maximum Gasteiger partial charge on any atom is 0.472 e. The number of ether oxygens (including phenoxy) is 4. The molecule has 6 atom stereocenters. The van der Waals surface area contributed by atoms with E-state index < -0.39 is 97.5 Å². The second-order valence-corrected chi connectivity index (χ2v) is 34.2. The van der Waals surface area contributed by atoms with Gasteiger partial charge in [0.25, 0.3) is 0 Å². The number of esters is 4. The van der Waals surface area contributed by atoms with Gasteiger partial charge in [-0.3, -0.25) is 37.3 Å². The Morgan fingerprint density at radius 1 is 0.279 bits per heavy atom. The van der Waals surface area contributed by atoms with Crippen LogP contribution in [0.3, 0.4) is 0 Å². The average molecular weight is 1520 g/mol. The minimum absolute atomic E-state index is 0.107. The highest BCUT2D eigenvalue weighted by Gasteiger charge is 2.30. The normalized spacial score (nSPS) is 14.1. The summed E-state index contributed by atoms with van der Waals surface area (Å²) in [6.07, 6.45) is 67.9. The summed E-state index contributed by atoms with van der Waals surface area (Å²) in [6.45, 7) is 9.74. The molecule has 0 aliphatic rings. The van der Waals surface area contributed by atoms with E-state index in [1.165, 1.54) is 270 Å². The maximum atomic E-state index is 13.1. The van der Waals surface area contributed by atoms with Crippen LogP contribution in [-0.4, -0.2) is 96.7 Å². The fourth-order valence-corrected chi connectivity index (χ4v) is 14.8. The van der Waals surface area contributed by atoms with Crippen molar-refractivity contribution in [2.75, 3.05) is 39.6 Å². The molecule has 0 aliphatic heterocycles. The molecule has 104 heavy (non-hydrogen) atoms. The Balaban J connectivity index is 5.23. The van der Waals surface area contributed by atoms with Crippen LogP contribution in [0.2, 0.25) is 0 Å². The lowest BCUT2D eigenvalue weighted by Crippen LogP contribution is -2.30. The fraction of sp³-hybridized carbons (Fsp3) is 0.953. The number of hydrogen-bond acceptors (Lipinski definition) is 15. The van der Waals surface area contributed by atoms with Gasteiger partial charge in [0.2, 0.25) is 0 Å². The molecule has 0 aliphatic carbocycles. The summed E-state index contributed by atoms with van der Waals surface area (Å²) in [6, 6.07) is 0. The third-order valence-corrected chi connectivity index (χ3v) is 22.2. The van der Waals surface area contributed by atoms with E-state index in [4.69, 9.17) is 37.0 Å². The van der Waals surface area contributed by atoms with Crippen molar-refractivity contribution in [3.8, 4) is 0 Å². The van der Waals surface area contributed by atoms with Gasteiger partial charge in [0, 0.05) is 25.7 Å². The number of aliphatic hydroxyl groups excluding tert-OH is 1. The van der Waals surface area contributed by atoms with Gasteiger partial charge in [-0.2, -0.15) is 0 Å². The standard InChI is InChI=1S/C85H166O17P2/c1-7-10-12-14-16-18-20-21-22-28-31-38-44-50-56-62-68-83(88)96-74-81(101-84(89)69-63-57-51-45-39-32-29-26-24-23-25-27-30-37-42-48-54-60-66-78(6)9-3)76-100-104(93,94)98-72-79(86)71-97-103(91,92)99-75-80(73-95-82(87)67-61-55-49-43-35-19-17-15-13-11-8-2)102-85(90)70-64-58-52-46-40-34-33-36-41-47-53-59-65-77(4)5/h77-81,86H,7-76H2,1-6H3,(H,91,92)(H,93,94)/t78?,79-,80+,81+/m0/s1. The number of unbranched alkanes of at least 4 members (excludes halogenated alkanes) is 53. The molecule has 0 amide bonds. The number of aliphatic hydroxyl groups is 1. The lowest BCUT2D eigenvalue weighted by atomic mass is 9.99. The summed E-state index contributed by atoms with van der Waals surface area (Å²) < 4.78 is 68.9. The largest absolute Gasteiger partial charge is 0.472 e. The van der Waals surface area contributed by atoms with Crippen molar-refractivity contribution in [3.05, 3.63) is 0 Å². The summed E-state index contributed by atoms with van der Waals surface area (Å²) in [5.41, 5.74) is 0. The van der Waals surface area contributed by atoms with Gasteiger partial charge >= 0.3 is 39.5 Å². The van der Waals surface area contributed by atoms with Crippen molar-refractivity contribution >= 4 is 39.5 Å². The minimum atomic E-state index is -4.96. The Labute approximate surface area is 638 Å². The molecule has 19 heteroatoms. The van der Waals surface area contributed by atoms with E-state index in [0.29, 0.717) is 25.7 Å². The van der Waals surface area contributed by atoms with Crippen LogP contribution >= 0.6 is 15.6 Å². The first-order valence-electron chi connectivity index (χ1n) is 44.0. The number of phosphoric ester groups is 2. The van der Waals surface area contributed by atoms with E-state index in [-0.39, 0.29) is 25.7 Å². The SMILES string of the molecule is CCCCCCCCCCCCCCCCCCC(=O)OC[C@H](COP(=O)(O)OC[C@@H](O)COP(=O)(O)OC[C@@H](COC(=O)CCCCCCCCCCCCC)OC(=O)CCCCCCCCCCCCCCC(C)C)OC(=O)CCCCCCCCCCCCCCCCCCCCC(C)CC. The maximum absolute atomic E-state index is 13.1. The molecule has 0 aromatic carbocycles. The summed E-state index contributed by atoms with van der Waals surface area (Å²) in [5, 5.41) is 10.7. The van der Waals surface area contributed by atoms with E-state index in [1.807, 2.05) is 0 Å². The number of carbonyl (C=O) groups is 4. The number of phosphoric acid groups is 2. The second-order valence-electron chi connectivity index (χ2n) is 31.3. The summed E-state index contributed by atoms with van der Waals surface area (Å²) >= 11 is 0. The zero-order valence-corrected chi connectivity index (χ0v) is 70.1. The third kappa shape index (κ3) is 76.8.